The van der Waals surface area contributed by atoms with Crippen molar-refractivity contribution in [3.63, 3.8) is 0 Å². The number of fused-ring (bicyclic) bond motifs is 1. The molecule has 0 radical (unpaired) electrons. The van der Waals surface area contributed by atoms with Gasteiger partial charge in [0.25, 0.3) is 10.0 Å². The number of nitrogens with one attached hydrogen (secondary N) is 2. The van der Waals surface area contributed by atoms with Crippen LogP contribution in [0.4, 0.5) is 4.39 Å². The molecule has 3 unspecified atom stereocenters. The van der Waals surface area contributed by atoms with Crippen molar-refractivity contribution >= 4 is 21.9 Å². The largest absolute Gasteiger partial charge is 0.492 e. The molecule has 3 N–H and O–H groups in total. The number of ether oxygens (including phenoxy) is 1. The average molecular weight is 585 g/mol. The van der Waals surface area contributed by atoms with E-state index in [9.17, 15) is 27.5 Å². The topological polar surface area (TPSA) is 140 Å². The van der Waals surface area contributed by atoms with Gasteiger partial charge < -0.3 is 19.7 Å². The monoisotopic (exact) mass is 584 g/mol. The van der Waals surface area contributed by atoms with Crippen LogP contribution < -0.4 is 14.8 Å². The van der Waals surface area contributed by atoms with Crippen molar-refractivity contribution in [3.05, 3.63) is 89.6 Å². The summed E-state index contributed by atoms with van der Waals surface area (Å²) in [4.78, 5) is 28.2. The Hall–Kier alpha value is -4.03. The number of sulfonamides is 1. The van der Waals surface area contributed by atoms with E-state index in [4.69, 9.17) is 4.74 Å². The van der Waals surface area contributed by atoms with Gasteiger partial charge in [0, 0.05) is 37.3 Å². The first-order valence-electron chi connectivity index (χ1n) is 13.2. The number of benzene rings is 2. The van der Waals surface area contributed by atoms with Crippen LogP contribution in [-0.2, 0) is 39.5 Å². The standard InChI is InChI=1S/C29H33FN4O6S/c1-18(19(2)29(36)37)28(35)33-26-11-9-20-8-10-22(15-23(20)24(26)14-21-6-4-5-7-25(21)30)40-13-12-32-41(38,39)27-16-34(3)17-31-27/h4-8,10,15-17,19,24,26,32H,1,9,11-14H2,2-3H3,(H,33,35)(H,36,37). The lowest BCUT2D eigenvalue weighted by Crippen LogP contribution is -2.44. The van der Waals surface area contributed by atoms with E-state index >= 15 is 0 Å². The Morgan fingerprint density at radius 1 is 1.27 bits per heavy atom. The Morgan fingerprint density at radius 2 is 2.02 bits per heavy atom. The van der Waals surface area contributed by atoms with Crippen LogP contribution in [0.3, 0.4) is 0 Å². The van der Waals surface area contributed by atoms with Gasteiger partial charge in [0.05, 0.1) is 12.2 Å². The maximum absolute atomic E-state index is 14.7. The lowest BCUT2D eigenvalue weighted by Gasteiger charge is -2.35. The molecule has 3 aromatic rings. The summed E-state index contributed by atoms with van der Waals surface area (Å²) in [6.07, 6.45) is 4.30. The van der Waals surface area contributed by atoms with Gasteiger partial charge in [-0.3, -0.25) is 9.59 Å². The first-order chi connectivity index (χ1) is 19.5. The number of carboxylic acids is 1. The average Bonchev–Trinajstić information content (AvgIpc) is 3.39. The number of hydrogen-bond donors (Lipinski definition) is 3. The number of imidazole rings is 1. The lowest BCUT2D eigenvalue weighted by atomic mass is 9.76. The van der Waals surface area contributed by atoms with E-state index in [1.807, 2.05) is 12.1 Å². The van der Waals surface area contributed by atoms with E-state index in [1.54, 1.807) is 31.3 Å². The zero-order valence-corrected chi connectivity index (χ0v) is 23.7. The van der Waals surface area contributed by atoms with Crippen LogP contribution in [0.5, 0.6) is 5.75 Å². The number of hydrogen-bond acceptors (Lipinski definition) is 6. The van der Waals surface area contributed by atoms with E-state index in [0.717, 1.165) is 11.1 Å². The van der Waals surface area contributed by atoms with Crippen molar-refractivity contribution in [1.82, 2.24) is 19.6 Å². The Bertz CT molecular complexity index is 1550. The maximum Gasteiger partial charge on any atom is 0.310 e. The van der Waals surface area contributed by atoms with Crippen LogP contribution >= 0.6 is 0 Å². The normalized spacial score (nSPS) is 17.3. The minimum atomic E-state index is -3.77. The van der Waals surface area contributed by atoms with E-state index in [0.29, 0.717) is 30.6 Å². The van der Waals surface area contributed by atoms with Gasteiger partial charge >= 0.3 is 5.97 Å². The molecule has 0 bridgehead atoms. The van der Waals surface area contributed by atoms with Gasteiger partial charge in [-0.25, -0.2) is 22.5 Å². The number of carbonyl (C=O) groups excluding carboxylic acids is 1. The Morgan fingerprint density at radius 3 is 2.71 bits per heavy atom. The van der Waals surface area contributed by atoms with Crippen LogP contribution in [0, 0.1) is 11.7 Å². The highest BCUT2D eigenvalue weighted by Crippen LogP contribution is 2.37. The first kappa shape index (κ1) is 29.9. The van der Waals surface area contributed by atoms with Gasteiger partial charge in [-0.05, 0) is 61.1 Å². The molecule has 4 rings (SSSR count). The van der Waals surface area contributed by atoms with E-state index < -0.39 is 33.9 Å². The molecule has 0 spiro atoms. The van der Waals surface area contributed by atoms with Crippen LogP contribution in [0.15, 0.2) is 72.2 Å². The van der Waals surface area contributed by atoms with Crippen LogP contribution in [0.1, 0.15) is 36.0 Å². The molecule has 1 heterocycles. The summed E-state index contributed by atoms with van der Waals surface area (Å²) in [7, 11) is -2.10. The highest BCUT2D eigenvalue weighted by molar-refractivity contribution is 7.89. The minimum Gasteiger partial charge on any atom is -0.492 e. The van der Waals surface area contributed by atoms with Crippen molar-refractivity contribution < 1.29 is 32.2 Å². The lowest BCUT2D eigenvalue weighted by molar-refractivity contribution is -0.141. The quantitative estimate of drug-likeness (QED) is 0.220. The molecule has 218 valence electrons. The maximum atomic E-state index is 14.7. The molecule has 1 aliphatic rings. The number of aromatic nitrogens is 2. The number of amides is 1. The summed E-state index contributed by atoms with van der Waals surface area (Å²) in [6, 6.07) is 11.6. The summed E-state index contributed by atoms with van der Waals surface area (Å²) in [6.45, 7) is 5.14. The molecule has 12 heteroatoms. The number of nitrogens with zero attached hydrogens (tertiary/aromatic N) is 2. The molecule has 1 amide bonds. The molecule has 0 saturated heterocycles. The molecule has 0 aliphatic heterocycles. The molecule has 10 nitrogen and oxygen atoms in total. The van der Waals surface area contributed by atoms with Gasteiger partial charge in [-0.15, -0.1) is 0 Å². The van der Waals surface area contributed by atoms with E-state index in [-0.39, 0.29) is 35.5 Å². The fourth-order valence-corrected chi connectivity index (χ4v) is 5.83. The summed E-state index contributed by atoms with van der Waals surface area (Å²) >= 11 is 0. The number of carboxylic acid groups (broad SMARTS) is 1. The van der Waals surface area contributed by atoms with E-state index in [1.165, 1.54) is 30.1 Å². The SMILES string of the molecule is C=C(C(=O)NC1CCc2ccc(OCCNS(=O)(=O)c3cn(C)cn3)cc2C1Cc1ccccc1F)C(C)C(=O)O. The third kappa shape index (κ3) is 7.19. The number of carbonyl (C=O) groups is 2. The van der Waals surface area contributed by atoms with Gasteiger partial charge in [-0.2, -0.15) is 0 Å². The number of rotatable bonds is 12. The van der Waals surface area contributed by atoms with Crippen LogP contribution in [-0.4, -0.2) is 54.1 Å². The fourth-order valence-electron chi connectivity index (χ4n) is 4.84. The predicted octanol–water partition coefficient (Wildman–Crippen LogP) is 2.95. The van der Waals surface area contributed by atoms with Crippen LogP contribution in [0.2, 0.25) is 0 Å². The molecular formula is C29H33FN4O6S. The van der Waals surface area contributed by atoms with Crippen molar-refractivity contribution in [3.8, 4) is 5.75 Å². The second-order valence-electron chi connectivity index (χ2n) is 10.1. The molecule has 41 heavy (non-hydrogen) atoms. The summed E-state index contributed by atoms with van der Waals surface area (Å²) in [5.74, 6) is -2.95. The second kappa shape index (κ2) is 12.6. The minimum absolute atomic E-state index is 0.0111. The molecule has 1 aliphatic carbocycles. The third-order valence-electron chi connectivity index (χ3n) is 7.25. The number of aliphatic carboxylic acids is 1. The number of halogens is 1. The first-order valence-corrected chi connectivity index (χ1v) is 14.6. The fraction of sp³-hybridized carbons (Fsp3) is 0.345. The van der Waals surface area contributed by atoms with Crippen molar-refractivity contribution in [2.45, 2.75) is 43.2 Å². The van der Waals surface area contributed by atoms with Crippen molar-refractivity contribution in [1.29, 1.82) is 0 Å². The molecule has 3 atom stereocenters. The van der Waals surface area contributed by atoms with Gasteiger partial charge in [0.2, 0.25) is 5.91 Å². The van der Waals surface area contributed by atoms with E-state index in [2.05, 4.69) is 21.6 Å². The Balaban J connectivity index is 1.51. The zero-order chi connectivity index (χ0) is 29.7. The van der Waals surface area contributed by atoms with Gasteiger partial charge in [-0.1, -0.05) is 30.8 Å². The zero-order valence-electron chi connectivity index (χ0n) is 22.8. The van der Waals surface area contributed by atoms with Gasteiger partial charge in [0.15, 0.2) is 5.03 Å². The number of aryl methyl sites for hydroxylation is 2. The van der Waals surface area contributed by atoms with Crippen LogP contribution in [0.25, 0.3) is 0 Å². The molecule has 2 aromatic carbocycles. The highest BCUT2D eigenvalue weighted by atomic mass is 32.2. The second-order valence-corrected chi connectivity index (χ2v) is 11.8. The summed E-state index contributed by atoms with van der Waals surface area (Å²) in [5, 5.41) is 12.2. The predicted molar refractivity (Wildman–Crippen MR) is 149 cm³/mol. The highest BCUT2D eigenvalue weighted by Gasteiger charge is 2.33. The third-order valence-corrected chi connectivity index (χ3v) is 8.59. The van der Waals surface area contributed by atoms with Gasteiger partial charge in [0.1, 0.15) is 18.2 Å². The molecule has 1 aromatic heterocycles. The summed E-state index contributed by atoms with van der Waals surface area (Å²) < 4.78 is 49.3. The van der Waals surface area contributed by atoms with Crippen molar-refractivity contribution in [2.24, 2.45) is 13.0 Å². The molecule has 0 saturated carbocycles. The molecular weight excluding hydrogens is 551 g/mol. The summed E-state index contributed by atoms with van der Waals surface area (Å²) in [5.41, 5.74) is 2.32. The Labute approximate surface area is 238 Å². The Kier molecular flexibility index (Phi) is 9.24. The molecule has 0 fully saturated rings. The van der Waals surface area contributed by atoms with Crippen molar-refractivity contribution in [2.75, 3.05) is 13.2 Å². The smallest absolute Gasteiger partial charge is 0.310 e.